The Morgan fingerprint density at radius 2 is 1.61 bits per heavy atom. The highest BCUT2D eigenvalue weighted by molar-refractivity contribution is 7.90. The molecule has 7 nitrogen and oxygen atoms in total. The van der Waals surface area contributed by atoms with Crippen LogP contribution in [0.5, 0.6) is 0 Å². The van der Waals surface area contributed by atoms with Gasteiger partial charge in [-0.25, -0.2) is 34.4 Å². The standard InChI is InChI=1S/C34H24F2N2O5S3/c1-20-7-10-25(11-8-20)46(42,43)38-30-12-9-24(35)18-27(30)32(26-13-14-44-34(26)37-2)33(38)22-6-4-5-21(15-22)23-16-29(36)28(19-39)31(17-23)45(3,40)41/h4-18,39H,19H2,1,3H3. The molecule has 0 saturated carbocycles. The van der Waals surface area contributed by atoms with Gasteiger partial charge in [-0.05, 0) is 72.0 Å². The van der Waals surface area contributed by atoms with E-state index in [1.165, 1.54) is 30.3 Å². The fraction of sp³-hybridized carbons (Fsp3) is 0.0882. The number of halogens is 2. The quantitative estimate of drug-likeness (QED) is 0.173. The molecule has 232 valence electrons. The number of rotatable bonds is 7. The Labute approximate surface area is 268 Å². The molecule has 0 amide bonds. The van der Waals surface area contributed by atoms with Gasteiger partial charge in [0.25, 0.3) is 10.0 Å². The first-order valence-corrected chi connectivity index (χ1v) is 17.9. The van der Waals surface area contributed by atoms with Crippen LogP contribution < -0.4 is 0 Å². The van der Waals surface area contributed by atoms with E-state index in [0.29, 0.717) is 22.3 Å². The predicted molar refractivity (Wildman–Crippen MR) is 175 cm³/mol. The molecular weight excluding hydrogens is 651 g/mol. The number of aromatic nitrogens is 1. The van der Waals surface area contributed by atoms with E-state index in [2.05, 4.69) is 4.85 Å². The average molecular weight is 675 g/mol. The number of sulfone groups is 1. The van der Waals surface area contributed by atoms with Crippen LogP contribution in [0.1, 0.15) is 11.1 Å². The van der Waals surface area contributed by atoms with E-state index in [9.17, 15) is 26.3 Å². The van der Waals surface area contributed by atoms with Crippen molar-refractivity contribution in [3.63, 3.8) is 0 Å². The van der Waals surface area contributed by atoms with Crippen molar-refractivity contribution in [2.24, 2.45) is 0 Å². The molecule has 1 N–H and O–H groups in total. The zero-order valence-corrected chi connectivity index (χ0v) is 26.8. The maximum absolute atomic E-state index is 15.1. The van der Waals surface area contributed by atoms with Crippen LogP contribution in [-0.4, -0.2) is 32.2 Å². The number of nitrogens with zero attached hydrogens (tertiary/aromatic N) is 2. The van der Waals surface area contributed by atoms with Crippen LogP contribution in [0, 0.1) is 25.1 Å². The number of fused-ring (bicyclic) bond motifs is 1. The summed E-state index contributed by atoms with van der Waals surface area (Å²) in [5, 5.41) is 11.9. The van der Waals surface area contributed by atoms with Gasteiger partial charge >= 0.3 is 0 Å². The van der Waals surface area contributed by atoms with Crippen molar-refractivity contribution < 1.29 is 30.7 Å². The van der Waals surface area contributed by atoms with Crippen LogP contribution in [0.4, 0.5) is 13.8 Å². The first kappa shape index (κ1) is 31.3. The summed E-state index contributed by atoms with van der Waals surface area (Å²) in [7, 11) is -8.26. The summed E-state index contributed by atoms with van der Waals surface area (Å²) < 4.78 is 85.1. The first-order chi connectivity index (χ1) is 21.8. The van der Waals surface area contributed by atoms with E-state index in [4.69, 9.17) is 6.57 Å². The second-order valence-electron chi connectivity index (χ2n) is 10.7. The fourth-order valence-electron chi connectivity index (χ4n) is 5.52. The molecule has 0 saturated heterocycles. The second-order valence-corrected chi connectivity index (χ2v) is 15.3. The topological polar surface area (TPSA) is 97.8 Å². The predicted octanol–water partition coefficient (Wildman–Crippen LogP) is 7.97. The number of aryl methyl sites for hydroxylation is 1. The molecule has 2 aromatic heterocycles. The van der Waals surface area contributed by atoms with Crippen molar-refractivity contribution in [1.29, 1.82) is 0 Å². The van der Waals surface area contributed by atoms with E-state index in [0.717, 1.165) is 39.3 Å². The Morgan fingerprint density at radius 1 is 0.891 bits per heavy atom. The zero-order valence-electron chi connectivity index (χ0n) is 24.3. The van der Waals surface area contributed by atoms with E-state index >= 15 is 4.39 Å². The summed E-state index contributed by atoms with van der Waals surface area (Å²) in [6.45, 7) is 8.77. The molecule has 0 aliphatic carbocycles. The normalized spacial score (nSPS) is 12.0. The third-order valence-corrected chi connectivity index (χ3v) is 11.3. The Hall–Kier alpha value is -4.67. The van der Waals surface area contributed by atoms with E-state index in [1.807, 2.05) is 6.92 Å². The van der Waals surface area contributed by atoms with Gasteiger partial charge in [0.1, 0.15) is 11.6 Å². The summed E-state index contributed by atoms with van der Waals surface area (Å²) in [4.78, 5) is 3.24. The summed E-state index contributed by atoms with van der Waals surface area (Å²) in [5.74, 6) is -1.52. The molecule has 0 aliphatic heterocycles. The third kappa shape index (κ3) is 5.31. The van der Waals surface area contributed by atoms with E-state index < -0.39 is 38.1 Å². The monoisotopic (exact) mass is 674 g/mol. The highest BCUT2D eigenvalue weighted by Crippen LogP contribution is 2.48. The lowest BCUT2D eigenvalue weighted by Gasteiger charge is -2.16. The lowest BCUT2D eigenvalue weighted by Crippen LogP contribution is -2.14. The van der Waals surface area contributed by atoms with Gasteiger partial charge in [-0.3, -0.25) is 0 Å². The highest BCUT2D eigenvalue weighted by atomic mass is 32.2. The second kappa shape index (κ2) is 11.6. The van der Waals surface area contributed by atoms with Gasteiger partial charge in [0.15, 0.2) is 9.84 Å². The smallest absolute Gasteiger partial charge is 0.268 e. The van der Waals surface area contributed by atoms with Crippen LogP contribution in [0.25, 0.3) is 49.3 Å². The number of thiophene rings is 1. The van der Waals surface area contributed by atoms with Crippen LogP contribution in [0.2, 0.25) is 0 Å². The molecule has 46 heavy (non-hydrogen) atoms. The molecule has 0 radical (unpaired) electrons. The Kier molecular flexibility index (Phi) is 7.90. The fourth-order valence-corrected chi connectivity index (χ4v) is 8.70. The van der Waals surface area contributed by atoms with Crippen molar-refractivity contribution in [3.05, 3.63) is 124 Å². The first-order valence-electron chi connectivity index (χ1n) is 13.7. The molecule has 4 aromatic carbocycles. The van der Waals surface area contributed by atoms with Gasteiger partial charge in [-0.1, -0.05) is 42.0 Å². The van der Waals surface area contributed by atoms with Gasteiger partial charge < -0.3 is 5.11 Å². The largest absolute Gasteiger partial charge is 0.392 e. The summed E-state index contributed by atoms with van der Waals surface area (Å²) in [6, 6.07) is 20.5. The molecule has 0 bridgehead atoms. The molecule has 0 unspecified atom stereocenters. The van der Waals surface area contributed by atoms with Crippen molar-refractivity contribution in [1.82, 2.24) is 3.97 Å². The van der Waals surface area contributed by atoms with Gasteiger partial charge in [-0.2, -0.15) is 11.3 Å². The van der Waals surface area contributed by atoms with E-state index in [-0.39, 0.29) is 42.5 Å². The van der Waals surface area contributed by atoms with Crippen molar-refractivity contribution in [3.8, 4) is 33.5 Å². The Bertz CT molecular complexity index is 2440. The van der Waals surface area contributed by atoms with Gasteiger partial charge in [0, 0.05) is 33.9 Å². The van der Waals surface area contributed by atoms with Gasteiger partial charge in [-0.15, -0.1) is 0 Å². The lowest BCUT2D eigenvalue weighted by molar-refractivity contribution is 0.272. The van der Waals surface area contributed by atoms with Crippen LogP contribution in [-0.2, 0) is 26.5 Å². The van der Waals surface area contributed by atoms with Crippen LogP contribution >= 0.6 is 11.3 Å². The molecule has 0 spiro atoms. The number of aliphatic hydroxyl groups is 1. The van der Waals surface area contributed by atoms with Crippen LogP contribution in [0.3, 0.4) is 0 Å². The van der Waals surface area contributed by atoms with Crippen molar-refractivity contribution in [2.45, 2.75) is 23.3 Å². The highest BCUT2D eigenvalue weighted by Gasteiger charge is 2.30. The summed E-state index contributed by atoms with van der Waals surface area (Å²) in [6.07, 6.45) is 0.913. The van der Waals surface area contributed by atoms with E-state index in [1.54, 1.807) is 47.8 Å². The molecule has 12 heteroatoms. The minimum atomic E-state index is -4.33. The van der Waals surface area contributed by atoms with Crippen molar-refractivity contribution in [2.75, 3.05) is 6.26 Å². The molecule has 0 aliphatic rings. The molecule has 6 aromatic rings. The number of hydrogen-bond acceptors (Lipinski definition) is 6. The lowest BCUT2D eigenvalue weighted by atomic mass is 9.96. The Balaban J connectivity index is 1.73. The van der Waals surface area contributed by atoms with Gasteiger partial charge in [0.2, 0.25) is 5.00 Å². The molecule has 2 heterocycles. The minimum Gasteiger partial charge on any atom is -0.392 e. The zero-order chi connectivity index (χ0) is 33.0. The minimum absolute atomic E-state index is 0.0153. The Morgan fingerprint density at radius 3 is 2.28 bits per heavy atom. The molecular formula is C34H24F2N2O5S3. The maximum atomic E-state index is 15.1. The number of hydrogen-bond donors (Lipinski definition) is 1. The number of benzene rings is 4. The SMILES string of the molecule is [C-]#[N+]c1sccc1-c1c(-c2cccc(-c3cc(F)c(CO)c(S(C)(=O)=O)c3)c2)n(S(=O)(=O)c2ccc(C)cc2)c2ccc(F)cc12. The van der Waals surface area contributed by atoms with Crippen molar-refractivity contribution >= 4 is 47.1 Å². The third-order valence-electron chi connectivity index (χ3n) is 7.64. The molecule has 6 rings (SSSR count). The maximum Gasteiger partial charge on any atom is 0.268 e. The van der Waals surface area contributed by atoms with Crippen LogP contribution in [0.15, 0.2) is 100 Å². The average Bonchev–Trinajstić information content (AvgIpc) is 3.62. The summed E-state index contributed by atoms with van der Waals surface area (Å²) in [5.41, 5.74) is 2.38. The molecule has 0 atom stereocenters. The number of aliphatic hydroxyl groups excluding tert-OH is 1. The summed E-state index contributed by atoms with van der Waals surface area (Å²) >= 11 is 1.16. The van der Waals surface area contributed by atoms with Gasteiger partial charge in [0.05, 0.1) is 34.2 Å². The molecule has 0 fully saturated rings.